The van der Waals surface area contributed by atoms with Crippen LogP contribution in [0.3, 0.4) is 0 Å². The summed E-state index contributed by atoms with van der Waals surface area (Å²) in [4.78, 5) is 16.1. The second kappa shape index (κ2) is 14.1. The molecule has 2 N–H and O–H groups in total. The minimum Gasteiger partial charge on any atom is -0.494 e. The molecule has 1 aliphatic rings. The average molecular weight is 613 g/mol. The topological polar surface area (TPSA) is 149 Å². The Labute approximate surface area is 244 Å². The number of sulfone groups is 1. The molecule has 2 heterocycles. The number of hydrogen-bond donors (Lipinski definition) is 2. The van der Waals surface area contributed by atoms with Gasteiger partial charge in [0.1, 0.15) is 11.6 Å². The van der Waals surface area contributed by atoms with E-state index in [4.69, 9.17) is 9.47 Å². The van der Waals surface area contributed by atoms with Gasteiger partial charge in [0, 0.05) is 38.7 Å². The molecule has 1 fully saturated rings. The van der Waals surface area contributed by atoms with Crippen molar-refractivity contribution in [2.45, 2.75) is 42.4 Å². The van der Waals surface area contributed by atoms with Crippen LogP contribution in [0.1, 0.15) is 24.8 Å². The zero-order valence-corrected chi connectivity index (χ0v) is 24.5. The monoisotopic (exact) mass is 612 g/mol. The summed E-state index contributed by atoms with van der Waals surface area (Å²) in [5.74, 6) is -0.518. The molecule has 4 rings (SSSR count). The summed E-state index contributed by atoms with van der Waals surface area (Å²) < 4.78 is 49.8. The Balaban J connectivity index is 0.00000462. The zero-order chi connectivity index (χ0) is 28.8. The van der Waals surface area contributed by atoms with E-state index in [1.54, 1.807) is 18.7 Å². The molecular formula is C26H34ClFN6O6S. The van der Waals surface area contributed by atoms with Gasteiger partial charge in [0.25, 0.3) is 5.91 Å². The van der Waals surface area contributed by atoms with Gasteiger partial charge in [-0.1, -0.05) is 6.07 Å². The smallest absolute Gasteiger partial charge is 0.265 e. The number of nitrogens with one attached hydrogen (secondary N) is 1. The van der Waals surface area contributed by atoms with Crippen LogP contribution in [0.25, 0.3) is 11.4 Å². The van der Waals surface area contributed by atoms with Crippen LogP contribution >= 0.6 is 12.4 Å². The summed E-state index contributed by atoms with van der Waals surface area (Å²) in [6, 6.07) is 10.3. The first-order valence-electron chi connectivity index (χ1n) is 12.9. The molecule has 0 spiro atoms. The van der Waals surface area contributed by atoms with Crippen molar-refractivity contribution in [1.82, 2.24) is 30.6 Å². The number of aryl methyl sites for hydroxylation is 2. The highest BCUT2D eigenvalue weighted by Crippen LogP contribution is 2.36. The molecular weight excluding hydrogens is 579 g/mol. The van der Waals surface area contributed by atoms with Crippen LogP contribution in [0.4, 0.5) is 4.39 Å². The predicted octanol–water partition coefficient (Wildman–Crippen LogP) is 2.44. The number of carbonyl (C=O) groups is 1. The second-order valence-electron chi connectivity index (χ2n) is 9.61. The Morgan fingerprint density at radius 2 is 1.83 bits per heavy atom. The van der Waals surface area contributed by atoms with Crippen LogP contribution < -0.4 is 10.2 Å². The third kappa shape index (κ3) is 7.19. The number of ether oxygens (including phenoxy) is 2. The number of hydroxylamine groups is 1. The minimum absolute atomic E-state index is 0. The lowest BCUT2D eigenvalue weighted by Gasteiger charge is -2.39. The third-order valence-electron chi connectivity index (χ3n) is 7.10. The number of benzene rings is 2. The molecule has 1 saturated heterocycles. The summed E-state index contributed by atoms with van der Waals surface area (Å²) in [5, 5.41) is 21.7. The fourth-order valence-electron chi connectivity index (χ4n) is 4.70. The number of nitrogens with zero attached hydrogens (tertiary/aromatic N) is 5. The quantitative estimate of drug-likeness (QED) is 0.177. The lowest BCUT2D eigenvalue weighted by molar-refractivity contribution is -0.133. The second-order valence-corrected chi connectivity index (χ2v) is 11.9. The van der Waals surface area contributed by atoms with Crippen LogP contribution in [0.5, 0.6) is 5.75 Å². The number of carbonyl (C=O) groups excluding carboxylic acids is 1. The molecule has 0 bridgehead atoms. The number of halogens is 2. The van der Waals surface area contributed by atoms with Crippen LogP contribution in [0.15, 0.2) is 47.4 Å². The van der Waals surface area contributed by atoms with Crippen molar-refractivity contribution in [3.63, 3.8) is 0 Å². The van der Waals surface area contributed by atoms with Gasteiger partial charge < -0.3 is 14.4 Å². The summed E-state index contributed by atoms with van der Waals surface area (Å²) in [5.41, 5.74) is 2.98. The molecule has 15 heteroatoms. The van der Waals surface area contributed by atoms with Crippen molar-refractivity contribution < 1.29 is 32.3 Å². The number of hydrogen-bond acceptors (Lipinski definition) is 10. The maximum absolute atomic E-state index is 13.6. The molecule has 224 valence electrons. The first kappa shape index (κ1) is 32.3. The average Bonchev–Trinajstić information content (AvgIpc) is 3.44. The van der Waals surface area contributed by atoms with Gasteiger partial charge in [-0.05, 0) is 66.9 Å². The minimum atomic E-state index is -4.12. The fourth-order valence-corrected chi connectivity index (χ4v) is 6.65. The zero-order valence-electron chi connectivity index (χ0n) is 22.8. The van der Waals surface area contributed by atoms with Gasteiger partial charge >= 0.3 is 0 Å². The van der Waals surface area contributed by atoms with E-state index < -0.39 is 20.5 Å². The summed E-state index contributed by atoms with van der Waals surface area (Å²) in [6.45, 7) is 4.43. The van der Waals surface area contributed by atoms with Gasteiger partial charge in [0.15, 0.2) is 14.6 Å². The number of methoxy groups -OCH3 is 1. The molecule has 41 heavy (non-hydrogen) atoms. The molecule has 1 amide bonds. The SMILES string of the molecule is COCCN1CCC(C(=O)NO)(S(=O)(=O)c2ccc(OCCCn3nnc(-c4cc(F)ccc4C)n3)cc2)CC1.Cl. The maximum Gasteiger partial charge on any atom is 0.265 e. The van der Waals surface area contributed by atoms with Gasteiger partial charge in [-0.25, -0.2) is 18.3 Å². The van der Waals surface area contributed by atoms with E-state index >= 15 is 0 Å². The number of piperidine rings is 1. The molecule has 0 aliphatic carbocycles. The standard InChI is InChI=1S/C26H33FN6O6S.ClH/c1-19-4-5-20(27)18-23(19)24-28-31-33(29-24)12-3-16-39-21-6-8-22(9-7-21)40(36,37)26(25(34)30-35)10-13-32(14-11-26)15-17-38-2;/h4-9,18,35H,3,10-17H2,1-2H3,(H,30,34);1H. The van der Waals surface area contributed by atoms with Gasteiger partial charge in [-0.15, -0.1) is 22.6 Å². The Kier molecular flexibility index (Phi) is 11.2. The van der Waals surface area contributed by atoms with Crippen molar-refractivity contribution >= 4 is 28.2 Å². The van der Waals surface area contributed by atoms with Crippen molar-refractivity contribution in [2.75, 3.05) is 40.0 Å². The summed E-state index contributed by atoms with van der Waals surface area (Å²) in [7, 11) is -2.53. The molecule has 0 unspecified atom stereocenters. The van der Waals surface area contributed by atoms with Gasteiger partial charge in [0.2, 0.25) is 5.82 Å². The van der Waals surface area contributed by atoms with Crippen LogP contribution in [-0.2, 0) is 25.9 Å². The van der Waals surface area contributed by atoms with E-state index in [-0.39, 0.29) is 36.0 Å². The van der Waals surface area contributed by atoms with Crippen LogP contribution in [0.2, 0.25) is 0 Å². The number of aromatic nitrogens is 4. The van der Waals surface area contributed by atoms with E-state index in [0.29, 0.717) is 63.0 Å². The summed E-state index contributed by atoms with van der Waals surface area (Å²) in [6.07, 6.45) is 0.623. The molecule has 0 atom stereocenters. The van der Waals surface area contributed by atoms with Crippen molar-refractivity contribution in [3.05, 3.63) is 53.8 Å². The molecule has 3 aromatic rings. The van der Waals surface area contributed by atoms with Crippen LogP contribution in [-0.4, -0.2) is 89.3 Å². The van der Waals surface area contributed by atoms with Gasteiger partial charge in [0.05, 0.1) is 24.7 Å². The van der Waals surface area contributed by atoms with E-state index in [2.05, 4.69) is 15.4 Å². The Morgan fingerprint density at radius 1 is 1.12 bits per heavy atom. The number of rotatable bonds is 12. The number of tetrazole rings is 1. The Hall–Kier alpha value is -3.17. The normalized spacial score (nSPS) is 15.2. The highest BCUT2D eigenvalue weighted by molar-refractivity contribution is 7.93. The largest absolute Gasteiger partial charge is 0.494 e. The molecule has 12 nitrogen and oxygen atoms in total. The molecule has 1 aromatic heterocycles. The van der Waals surface area contributed by atoms with E-state index in [1.165, 1.54) is 41.2 Å². The van der Waals surface area contributed by atoms with Crippen molar-refractivity contribution in [1.29, 1.82) is 0 Å². The van der Waals surface area contributed by atoms with Gasteiger partial charge in [-0.3, -0.25) is 10.0 Å². The fraction of sp³-hybridized carbons (Fsp3) is 0.462. The number of likely N-dealkylation sites (tertiary alicyclic amines) is 1. The Morgan fingerprint density at radius 3 is 2.49 bits per heavy atom. The van der Waals surface area contributed by atoms with E-state index in [1.807, 2.05) is 11.8 Å². The van der Waals surface area contributed by atoms with Crippen molar-refractivity contribution in [2.24, 2.45) is 0 Å². The molecule has 0 radical (unpaired) electrons. The van der Waals surface area contributed by atoms with Crippen molar-refractivity contribution in [3.8, 4) is 17.1 Å². The number of amides is 1. The van der Waals surface area contributed by atoms with E-state index in [9.17, 15) is 22.8 Å². The molecule has 1 aliphatic heterocycles. The maximum atomic E-state index is 13.6. The lowest BCUT2D eigenvalue weighted by Crippen LogP contribution is -2.57. The Bertz CT molecular complexity index is 1410. The lowest BCUT2D eigenvalue weighted by atomic mass is 9.95. The first-order valence-corrected chi connectivity index (χ1v) is 14.4. The predicted molar refractivity (Wildman–Crippen MR) is 149 cm³/mol. The molecule has 2 aromatic carbocycles. The van der Waals surface area contributed by atoms with E-state index in [0.717, 1.165) is 5.56 Å². The highest BCUT2D eigenvalue weighted by atomic mass is 35.5. The molecule has 0 saturated carbocycles. The van der Waals surface area contributed by atoms with Crippen LogP contribution in [0, 0.1) is 12.7 Å². The highest BCUT2D eigenvalue weighted by Gasteiger charge is 2.52. The van der Waals surface area contributed by atoms with Gasteiger partial charge in [-0.2, -0.15) is 4.80 Å². The summed E-state index contributed by atoms with van der Waals surface area (Å²) >= 11 is 0. The first-order chi connectivity index (χ1) is 19.2. The third-order valence-corrected chi connectivity index (χ3v) is 9.62.